The van der Waals surface area contributed by atoms with Gasteiger partial charge in [0.15, 0.2) is 73.1 Å². The smallest absolute Gasteiger partial charge is 0.187 e. The molecule has 762 valence electrons. The summed E-state index contributed by atoms with van der Waals surface area (Å²) < 4.78 is 17.4. The number of aliphatic hydroxyl groups excluding tert-OH is 3. The molecule has 17 aliphatic rings. The molecule has 28 heteroatoms. The van der Waals surface area contributed by atoms with Crippen LogP contribution in [0.3, 0.4) is 0 Å². The van der Waals surface area contributed by atoms with Crippen LogP contribution in [-0.2, 0) is 65.7 Å². The molecule has 12 saturated carbocycles. The van der Waals surface area contributed by atoms with Crippen molar-refractivity contribution in [3.05, 3.63) is 167 Å². The lowest BCUT2D eigenvalue weighted by atomic mass is 9.45. The van der Waals surface area contributed by atoms with Crippen LogP contribution in [0.25, 0.3) is 22.1 Å². The number of aromatic nitrogens is 6. The van der Waals surface area contributed by atoms with Gasteiger partial charge in [-0.15, -0.1) is 11.8 Å². The van der Waals surface area contributed by atoms with Gasteiger partial charge in [0.05, 0.1) is 74.5 Å². The Morgan fingerprint density at radius 2 is 0.881 bits per heavy atom. The zero-order valence-electron chi connectivity index (χ0n) is 84.4. The van der Waals surface area contributed by atoms with Gasteiger partial charge in [-0.3, -0.25) is 43.2 Å². The van der Waals surface area contributed by atoms with E-state index in [-0.39, 0.29) is 180 Å². The number of thioether (sulfide) groups is 4. The highest BCUT2D eigenvalue weighted by Gasteiger charge is 2.78. The number of carbonyl (C=O) groups excluding carboxylic acids is 9. The summed E-state index contributed by atoms with van der Waals surface area (Å²) in [5.41, 5.74) is -0.835. The van der Waals surface area contributed by atoms with Crippen LogP contribution < -0.4 is 0 Å². The molecule has 20 unspecified atom stereocenters. The average molecular weight is 2040 g/mol. The highest BCUT2D eigenvalue weighted by atomic mass is 35.5. The summed E-state index contributed by atoms with van der Waals surface area (Å²) in [7, 11) is 0. The third-order valence-corrected chi connectivity index (χ3v) is 44.7. The maximum absolute atomic E-state index is 14.3. The van der Waals surface area contributed by atoms with Gasteiger partial charge < -0.3 is 49.2 Å². The van der Waals surface area contributed by atoms with Crippen LogP contribution in [0.15, 0.2) is 183 Å². The molecule has 0 spiro atoms. The minimum absolute atomic E-state index is 0.00795. The van der Waals surface area contributed by atoms with E-state index in [1.165, 1.54) is 52.6 Å². The average Bonchev–Trinajstić information content (AvgIpc) is 1.51. The predicted molar refractivity (Wildman–Crippen MR) is 551 cm³/mol. The summed E-state index contributed by atoms with van der Waals surface area (Å²) in [5.74, 6) is 1.23. The van der Waals surface area contributed by atoms with Crippen LogP contribution in [0, 0.1) is 114 Å². The van der Waals surface area contributed by atoms with Crippen LogP contribution in [0.1, 0.15) is 231 Å². The molecule has 0 radical (unpaired) electrons. The normalized spacial score (nSPS) is 40.5. The van der Waals surface area contributed by atoms with Crippen molar-refractivity contribution in [1.29, 1.82) is 0 Å². The lowest BCUT2D eigenvalue weighted by molar-refractivity contribution is -0.223. The number of aliphatic hydroxyl groups is 6. The summed E-state index contributed by atoms with van der Waals surface area (Å²) in [5, 5.41) is 73.5. The van der Waals surface area contributed by atoms with E-state index in [1.807, 2.05) is 126 Å². The third-order valence-electron chi connectivity index (χ3n) is 40.4. The van der Waals surface area contributed by atoms with Crippen LogP contribution >= 0.6 is 58.6 Å². The fourth-order valence-electron chi connectivity index (χ4n) is 33.6. The van der Waals surface area contributed by atoms with Crippen LogP contribution in [0.5, 0.6) is 0 Å². The monoisotopic (exact) mass is 2040 g/mol. The second kappa shape index (κ2) is 37.6. The number of rotatable bonds is 18. The van der Waals surface area contributed by atoms with Crippen molar-refractivity contribution >= 4 is 133 Å². The number of hydrogen-bond acceptors (Lipinski definition) is 25. The first kappa shape index (κ1) is 103. The number of Topliss-reactive ketones (excluding diaryl/α,β-unsaturated/α-hetero) is 5. The lowest BCUT2D eigenvalue weighted by Gasteiger charge is -2.60. The molecule has 143 heavy (non-hydrogen) atoms. The van der Waals surface area contributed by atoms with Gasteiger partial charge in [0.1, 0.15) is 22.6 Å². The number of halogens is 1. The molecule has 1 aliphatic heterocycles. The van der Waals surface area contributed by atoms with E-state index in [1.54, 1.807) is 48.8 Å². The number of para-hydroxylation sites is 4. The summed E-state index contributed by atoms with van der Waals surface area (Å²) in [6, 6.07) is 25.2. The number of benzene rings is 3. The Morgan fingerprint density at radius 3 is 1.40 bits per heavy atom. The molecule has 13 fully saturated rings. The summed E-state index contributed by atoms with van der Waals surface area (Å²) >= 11 is 11.9. The number of allylic oxidation sites excluding steroid dienone is 10. The molecule has 16 aliphatic carbocycles. The van der Waals surface area contributed by atoms with E-state index >= 15 is 0 Å². The van der Waals surface area contributed by atoms with Crippen molar-refractivity contribution < 1.29 is 83.3 Å². The Morgan fingerprint density at radius 1 is 0.455 bits per heavy atom. The highest BCUT2D eigenvalue weighted by molar-refractivity contribution is 8.00. The van der Waals surface area contributed by atoms with Gasteiger partial charge in [-0.2, -0.15) is 0 Å². The number of carbonyl (C=O) groups is 9. The van der Waals surface area contributed by atoms with E-state index in [0.717, 1.165) is 157 Å². The molecule has 0 amide bonds. The molecule has 4 heterocycles. The minimum Gasteiger partial charge on any atom is -0.393 e. The van der Waals surface area contributed by atoms with Crippen molar-refractivity contribution in [3.63, 3.8) is 0 Å². The molecule has 1 saturated heterocycles. The minimum atomic E-state index is -1.50. The molecule has 0 bridgehead atoms. The zero-order valence-corrected chi connectivity index (χ0v) is 88.4. The maximum atomic E-state index is 14.3. The topological polar surface area (TPSA) is 355 Å². The second-order valence-electron chi connectivity index (χ2n) is 47.2. The van der Waals surface area contributed by atoms with Gasteiger partial charge in [0.25, 0.3) is 0 Å². The Bertz CT molecular complexity index is 6380. The van der Waals surface area contributed by atoms with Crippen molar-refractivity contribution in [2.45, 2.75) is 317 Å². The number of ether oxygens (including phenoxy) is 2. The fourth-order valence-corrected chi connectivity index (χ4v) is 37.6. The van der Waals surface area contributed by atoms with Gasteiger partial charge in [0.2, 0.25) is 0 Å². The van der Waals surface area contributed by atoms with Gasteiger partial charge >= 0.3 is 0 Å². The number of nitrogens with zero attached hydrogens (tertiary/aromatic N) is 6. The standard InChI is InChI=1S/C30H35ClO5S.C30H38N2O4S.C30H36N2O4S.C25H30N2O4S/c1-27(2)35-25-14-20-19-10-9-17-13-18(32)11-12-28(17,3)26(19)22(33)15-29(20,4)30(25,36-27)24(34)16-37-23-8-6-5-7-21(23)31;2*1-4-32-23-8-6-5-7-22(23)31-27(32)37-17-25(35)30(36)14-12-21-20-10-9-18-15-19(33)11-13-28(18,2)26(20)24(34)16-29(21,30)3;1-23-8-6-16(28)12-15(23)4-5-17-18-7-9-25(31,24(18,2)13-19(29)21(17)23)20(30)14-32-22-26-10-3-11-27-22/h5-8,11-13,19-20,22,25-26,33H,9-10,14-16H2,1-4H3;5-8,15,20-21,24,26,34,36H,4,9-14,16-17H2,1-3H3;5-8,11,13,15,20-21,24,26,34,36H,4,9-10,12,14,16-17H2,1-3H3;3,10-12,17-18,21,31H,4-9,13-14H2,1-2H3/t19?,20?,22-,25+,26?,28?,29?,30+;2*20?,21?,24-,26?,28?,29?,30-;17?,18?,21?,23?,24?,25-/m0000/s1. The summed E-state index contributed by atoms with van der Waals surface area (Å²) in [6.07, 6.45) is 30.8. The molecule has 28 atom stereocenters. The number of hydrogen-bond donors (Lipinski definition) is 6. The van der Waals surface area contributed by atoms with Crippen LogP contribution in [0.4, 0.5) is 0 Å². The predicted octanol–water partition coefficient (Wildman–Crippen LogP) is 19.0. The van der Waals surface area contributed by atoms with Gasteiger partial charge in [0, 0.05) is 99.9 Å². The number of aryl methyl sites for hydroxylation is 2. The van der Waals surface area contributed by atoms with E-state index in [2.05, 4.69) is 67.6 Å². The van der Waals surface area contributed by atoms with Gasteiger partial charge in [-0.05, 0) is 299 Å². The van der Waals surface area contributed by atoms with Crippen LogP contribution in [-0.4, -0.2) is 187 Å². The molecule has 3 aromatic heterocycles. The second-order valence-corrected chi connectivity index (χ2v) is 51.5. The maximum Gasteiger partial charge on any atom is 0.187 e. The summed E-state index contributed by atoms with van der Waals surface area (Å²) in [4.78, 5) is 136. The molecule has 6 aromatic rings. The van der Waals surface area contributed by atoms with Gasteiger partial charge in [-0.1, -0.05) is 173 Å². The Balaban J connectivity index is 0.000000117. The summed E-state index contributed by atoms with van der Waals surface area (Å²) in [6.45, 7) is 26.3. The molecular weight excluding hydrogens is 1900 g/mol. The SMILES string of the molecule is CC1(C)O[C@@H]2CC3C4CCC5=CC(=O)C=CC5(C)C4[C@@H](O)CC3(C)[C@]2(C(=O)CSc2ccccc2Cl)O1.CC12CCC(=O)C=C1CCC1C2C(=O)CC2(C)C1CC[C@]2(O)C(=O)CSc1ncccn1.CCn1c(SCC(=O)[C@@]2(O)CCC3C4CCC5=CC(=O)C=CC5(C)C4[C@@H](O)CC32C)nc2ccccc21.CCn1c(SCC(=O)[C@@]2(O)CCC3C4CCC5=CC(=O)CCC5(C)C4[C@@H](O)CC32C)nc2ccccc21. The van der Waals surface area contributed by atoms with E-state index in [0.29, 0.717) is 61.5 Å². The van der Waals surface area contributed by atoms with Crippen LogP contribution in [0.2, 0.25) is 5.02 Å². The Hall–Kier alpha value is -7.48. The lowest BCUT2D eigenvalue weighted by Crippen LogP contribution is -2.63. The van der Waals surface area contributed by atoms with Crippen molar-refractivity contribution in [2.75, 3.05) is 23.0 Å². The number of ketones is 9. The number of fused-ring (bicyclic) bond motifs is 24. The first-order chi connectivity index (χ1) is 67.8. The Labute approximate surface area is 860 Å². The molecule has 23 rings (SSSR count). The third kappa shape index (κ3) is 16.3. The highest BCUT2D eigenvalue weighted by Crippen LogP contribution is 2.75. The van der Waals surface area contributed by atoms with E-state index < -0.39 is 68.2 Å². The van der Waals surface area contributed by atoms with E-state index in [9.17, 15) is 73.8 Å². The van der Waals surface area contributed by atoms with Crippen molar-refractivity contribution in [1.82, 2.24) is 29.1 Å². The molecule has 3 aromatic carbocycles. The van der Waals surface area contributed by atoms with E-state index in [4.69, 9.17) is 31.0 Å². The molecular formula is C115H139ClN6O17S4. The van der Waals surface area contributed by atoms with Gasteiger partial charge in [-0.25, -0.2) is 19.9 Å². The molecule has 23 nitrogen and oxygen atoms in total. The van der Waals surface area contributed by atoms with Crippen molar-refractivity contribution in [3.8, 4) is 0 Å². The zero-order chi connectivity index (χ0) is 101. The first-order valence-corrected chi connectivity index (χ1v) is 56.7. The fraction of sp³-hybridized carbons (Fsp3) is 0.609. The number of imidazole rings is 2. The molecule has 6 N–H and O–H groups in total. The first-order valence-electron chi connectivity index (χ1n) is 52.4. The van der Waals surface area contributed by atoms with Crippen molar-refractivity contribution in [2.24, 2.45) is 114 Å². The quantitative estimate of drug-likeness (QED) is 0.0344. The largest absolute Gasteiger partial charge is 0.393 e. The Kier molecular flexibility index (Phi) is 27.0.